The van der Waals surface area contributed by atoms with Crippen molar-refractivity contribution in [2.24, 2.45) is 0 Å². The van der Waals surface area contributed by atoms with Crippen LogP contribution < -0.4 is 4.74 Å². The number of benzene rings is 1. The maximum atomic E-state index is 6.01. The molecular weight excluding hydrogens is 264 g/mol. The molecule has 0 N–H and O–H groups in total. The molecule has 1 aromatic rings. The van der Waals surface area contributed by atoms with Crippen LogP contribution in [0.3, 0.4) is 0 Å². The van der Waals surface area contributed by atoms with Gasteiger partial charge in [0.2, 0.25) is 0 Å². The maximum absolute atomic E-state index is 6.01. The Kier molecular flexibility index (Phi) is 7.20. The van der Waals surface area contributed by atoms with E-state index >= 15 is 0 Å². The number of ether oxygens (including phenoxy) is 3. The molecule has 0 spiro atoms. The molecule has 0 saturated carbocycles. The molecule has 0 bridgehead atoms. The molecule has 0 radical (unpaired) electrons. The third-order valence-electron chi connectivity index (χ3n) is 3.26. The Bertz CT molecular complexity index is 415. The highest BCUT2D eigenvalue weighted by Gasteiger charge is 2.19. The largest absolute Gasteiger partial charge is 0.493 e. The Morgan fingerprint density at radius 2 is 1.67 bits per heavy atom. The molecular formula is C18H30O3. The standard InChI is InChI=1S/C18H30O3/c1-7-19-17(20-8-2)11-12-21-16-13-14(3)9-10-15(16)18(4,5)6/h9-10,13,17H,7-8,11-12H2,1-6H3. The molecule has 0 aliphatic heterocycles. The Hall–Kier alpha value is -1.06. The molecule has 0 amide bonds. The van der Waals surface area contributed by atoms with Gasteiger partial charge >= 0.3 is 0 Å². The predicted octanol–water partition coefficient (Wildman–Crippen LogP) is 4.46. The average molecular weight is 294 g/mol. The molecule has 0 aliphatic rings. The van der Waals surface area contributed by atoms with Crippen molar-refractivity contribution in [3.63, 3.8) is 0 Å². The minimum atomic E-state index is -0.178. The quantitative estimate of drug-likeness (QED) is 0.662. The molecule has 120 valence electrons. The van der Waals surface area contributed by atoms with Crippen molar-refractivity contribution < 1.29 is 14.2 Å². The topological polar surface area (TPSA) is 27.7 Å². The van der Waals surface area contributed by atoms with Crippen LogP contribution in [0.15, 0.2) is 18.2 Å². The maximum Gasteiger partial charge on any atom is 0.160 e. The lowest BCUT2D eigenvalue weighted by molar-refractivity contribution is -0.142. The molecule has 21 heavy (non-hydrogen) atoms. The first kappa shape index (κ1) is 18.0. The summed E-state index contributed by atoms with van der Waals surface area (Å²) in [5.74, 6) is 0.967. The summed E-state index contributed by atoms with van der Waals surface area (Å²) in [7, 11) is 0. The molecule has 0 unspecified atom stereocenters. The smallest absolute Gasteiger partial charge is 0.160 e. The van der Waals surface area contributed by atoms with Crippen LogP contribution in [0.5, 0.6) is 5.75 Å². The van der Waals surface area contributed by atoms with Gasteiger partial charge in [0.05, 0.1) is 6.61 Å². The van der Waals surface area contributed by atoms with Crippen LogP contribution in [-0.4, -0.2) is 26.1 Å². The van der Waals surface area contributed by atoms with E-state index in [0.717, 1.165) is 12.2 Å². The Morgan fingerprint density at radius 1 is 1.05 bits per heavy atom. The summed E-state index contributed by atoms with van der Waals surface area (Å²) >= 11 is 0. The van der Waals surface area contributed by atoms with Gasteiger partial charge in [-0.25, -0.2) is 0 Å². The van der Waals surface area contributed by atoms with E-state index in [-0.39, 0.29) is 11.7 Å². The SMILES string of the molecule is CCOC(CCOc1cc(C)ccc1C(C)(C)C)OCC. The van der Waals surface area contributed by atoms with E-state index in [1.54, 1.807) is 0 Å². The molecule has 1 aromatic carbocycles. The lowest BCUT2D eigenvalue weighted by Crippen LogP contribution is -2.21. The zero-order valence-corrected chi connectivity index (χ0v) is 14.4. The Labute approximate surface area is 129 Å². The summed E-state index contributed by atoms with van der Waals surface area (Å²) in [4.78, 5) is 0. The number of rotatable bonds is 8. The molecule has 1 rings (SSSR count). The number of aryl methyl sites for hydroxylation is 1. The van der Waals surface area contributed by atoms with Crippen LogP contribution in [0, 0.1) is 6.92 Å². The normalized spacial score (nSPS) is 12.0. The second-order valence-electron chi connectivity index (χ2n) is 6.23. The molecule has 0 aliphatic carbocycles. The zero-order valence-electron chi connectivity index (χ0n) is 14.4. The summed E-state index contributed by atoms with van der Waals surface area (Å²) in [5, 5.41) is 0. The van der Waals surface area contributed by atoms with E-state index in [0.29, 0.717) is 19.8 Å². The van der Waals surface area contributed by atoms with Gasteiger partial charge < -0.3 is 14.2 Å². The molecule has 3 nitrogen and oxygen atoms in total. The summed E-state index contributed by atoms with van der Waals surface area (Å²) in [6.07, 6.45) is 0.557. The van der Waals surface area contributed by atoms with Gasteiger partial charge in [-0.05, 0) is 43.4 Å². The molecule has 0 aromatic heterocycles. The first-order valence-electron chi connectivity index (χ1n) is 7.85. The molecule has 0 saturated heterocycles. The van der Waals surface area contributed by atoms with Crippen molar-refractivity contribution >= 4 is 0 Å². The van der Waals surface area contributed by atoms with Gasteiger partial charge in [-0.2, -0.15) is 0 Å². The van der Waals surface area contributed by atoms with E-state index in [1.807, 2.05) is 13.8 Å². The van der Waals surface area contributed by atoms with Crippen LogP contribution in [0.1, 0.15) is 52.2 Å². The molecule has 0 heterocycles. The van der Waals surface area contributed by atoms with Crippen LogP contribution >= 0.6 is 0 Å². The minimum absolute atomic E-state index is 0.0717. The first-order chi connectivity index (χ1) is 9.88. The van der Waals surface area contributed by atoms with Crippen LogP contribution in [-0.2, 0) is 14.9 Å². The van der Waals surface area contributed by atoms with E-state index in [9.17, 15) is 0 Å². The van der Waals surface area contributed by atoms with Crippen molar-refractivity contribution in [1.82, 2.24) is 0 Å². The van der Waals surface area contributed by atoms with Gasteiger partial charge in [-0.3, -0.25) is 0 Å². The Morgan fingerprint density at radius 3 is 2.19 bits per heavy atom. The van der Waals surface area contributed by atoms with Gasteiger partial charge in [-0.1, -0.05) is 32.9 Å². The third-order valence-corrected chi connectivity index (χ3v) is 3.26. The van der Waals surface area contributed by atoms with Gasteiger partial charge in [0.15, 0.2) is 6.29 Å². The van der Waals surface area contributed by atoms with Gasteiger partial charge in [0, 0.05) is 19.6 Å². The first-order valence-corrected chi connectivity index (χ1v) is 7.85. The zero-order chi connectivity index (χ0) is 15.9. The van der Waals surface area contributed by atoms with Crippen LogP contribution in [0.25, 0.3) is 0 Å². The summed E-state index contributed by atoms with van der Waals surface area (Å²) < 4.78 is 17.1. The molecule has 0 atom stereocenters. The van der Waals surface area contributed by atoms with E-state index in [4.69, 9.17) is 14.2 Å². The van der Waals surface area contributed by atoms with Crippen molar-refractivity contribution in [3.8, 4) is 5.75 Å². The molecule has 0 fully saturated rings. The third kappa shape index (κ3) is 6.06. The van der Waals surface area contributed by atoms with Crippen LogP contribution in [0.2, 0.25) is 0 Å². The van der Waals surface area contributed by atoms with Gasteiger partial charge in [0.1, 0.15) is 5.75 Å². The van der Waals surface area contributed by atoms with E-state index in [1.165, 1.54) is 11.1 Å². The highest BCUT2D eigenvalue weighted by atomic mass is 16.7. The predicted molar refractivity (Wildman–Crippen MR) is 87.0 cm³/mol. The highest BCUT2D eigenvalue weighted by molar-refractivity contribution is 5.41. The second-order valence-corrected chi connectivity index (χ2v) is 6.23. The van der Waals surface area contributed by atoms with Crippen molar-refractivity contribution in [1.29, 1.82) is 0 Å². The summed E-state index contributed by atoms with van der Waals surface area (Å²) in [6.45, 7) is 14.6. The number of hydrogen-bond acceptors (Lipinski definition) is 3. The lowest BCUT2D eigenvalue weighted by Gasteiger charge is -2.24. The fourth-order valence-corrected chi connectivity index (χ4v) is 2.22. The number of hydrogen-bond donors (Lipinski definition) is 0. The summed E-state index contributed by atoms with van der Waals surface area (Å²) in [6, 6.07) is 6.40. The monoisotopic (exact) mass is 294 g/mol. The van der Waals surface area contributed by atoms with E-state index < -0.39 is 0 Å². The second kappa shape index (κ2) is 8.40. The van der Waals surface area contributed by atoms with Crippen molar-refractivity contribution in [3.05, 3.63) is 29.3 Å². The van der Waals surface area contributed by atoms with Gasteiger partial charge in [-0.15, -0.1) is 0 Å². The molecule has 3 heteroatoms. The fraction of sp³-hybridized carbons (Fsp3) is 0.667. The van der Waals surface area contributed by atoms with Gasteiger partial charge in [0.25, 0.3) is 0 Å². The highest BCUT2D eigenvalue weighted by Crippen LogP contribution is 2.32. The average Bonchev–Trinajstić information content (AvgIpc) is 2.38. The summed E-state index contributed by atoms with van der Waals surface area (Å²) in [5.41, 5.74) is 2.52. The minimum Gasteiger partial charge on any atom is -0.493 e. The fourth-order valence-electron chi connectivity index (χ4n) is 2.22. The van der Waals surface area contributed by atoms with Crippen LogP contribution in [0.4, 0.5) is 0 Å². The van der Waals surface area contributed by atoms with Crippen molar-refractivity contribution in [2.75, 3.05) is 19.8 Å². The Balaban J connectivity index is 2.68. The van der Waals surface area contributed by atoms with E-state index in [2.05, 4.69) is 45.9 Å². The van der Waals surface area contributed by atoms with Crippen molar-refractivity contribution in [2.45, 2.75) is 59.7 Å². The lowest BCUT2D eigenvalue weighted by atomic mass is 9.86.